The highest BCUT2D eigenvalue weighted by atomic mass is 16.5. The molecule has 0 amide bonds. The van der Waals surface area contributed by atoms with Gasteiger partial charge in [-0.2, -0.15) is 0 Å². The number of piperidine rings is 1. The van der Waals surface area contributed by atoms with Crippen LogP contribution in [0.25, 0.3) is 0 Å². The zero-order valence-corrected chi connectivity index (χ0v) is 13.4. The molecule has 1 N–H and O–H groups in total. The molecule has 2 aliphatic rings. The van der Waals surface area contributed by atoms with E-state index in [1.54, 1.807) is 0 Å². The van der Waals surface area contributed by atoms with Crippen molar-refractivity contribution in [2.24, 2.45) is 0 Å². The molecule has 3 nitrogen and oxygen atoms in total. The summed E-state index contributed by atoms with van der Waals surface area (Å²) in [5.41, 5.74) is 2.62. The Morgan fingerprint density at radius 1 is 1.14 bits per heavy atom. The molecule has 2 fully saturated rings. The van der Waals surface area contributed by atoms with Crippen molar-refractivity contribution in [3.63, 3.8) is 0 Å². The van der Waals surface area contributed by atoms with Crippen molar-refractivity contribution < 1.29 is 4.74 Å². The molecule has 1 aromatic carbocycles. The van der Waals surface area contributed by atoms with Crippen molar-refractivity contribution in [2.75, 3.05) is 29.9 Å². The van der Waals surface area contributed by atoms with Gasteiger partial charge < -0.3 is 15.0 Å². The van der Waals surface area contributed by atoms with Crippen LogP contribution < -0.4 is 10.2 Å². The van der Waals surface area contributed by atoms with Gasteiger partial charge in [-0.15, -0.1) is 0 Å². The molecule has 2 saturated heterocycles. The predicted molar refractivity (Wildman–Crippen MR) is 89.2 cm³/mol. The Bertz CT molecular complexity index is 449. The maximum absolute atomic E-state index is 6.02. The average Bonchev–Trinajstić information content (AvgIpc) is 2.86. The van der Waals surface area contributed by atoms with Crippen LogP contribution in [0, 0.1) is 0 Å². The van der Waals surface area contributed by atoms with Gasteiger partial charge >= 0.3 is 0 Å². The Morgan fingerprint density at radius 3 is 2.48 bits per heavy atom. The van der Waals surface area contributed by atoms with Crippen molar-refractivity contribution in [2.45, 2.75) is 57.7 Å². The third-order valence-electron chi connectivity index (χ3n) is 4.68. The number of hydrogen-bond donors (Lipinski definition) is 1. The lowest BCUT2D eigenvalue weighted by atomic mass is 10.1. The summed E-state index contributed by atoms with van der Waals surface area (Å²) in [6.45, 7) is 7.68. The first kappa shape index (κ1) is 14.7. The Kier molecular flexibility index (Phi) is 4.39. The van der Waals surface area contributed by atoms with Crippen LogP contribution in [-0.4, -0.2) is 31.3 Å². The van der Waals surface area contributed by atoms with Gasteiger partial charge in [-0.25, -0.2) is 0 Å². The molecule has 1 atom stereocenters. The van der Waals surface area contributed by atoms with Gasteiger partial charge in [-0.3, -0.25) is 0 Å². The monoisotopic (exact) mass is 288 g/mol. The van der Waals surface area contributed by atoms with Crippen LogP contribution in [0.2, 0.25) is 0 Å². The Balaban J connectivity index is 1.50. The van der Waals surface area contributed by atoms with Gasteiger partial charge in [0.1, 0.15) is 0 Å². The minimum Gasteiger partial charge on any atom is -0.382 e. The minimum absolute atomic E-state index is 0.0600. The Hall–Kier alpha value is -1.22. The molecular weight excluding hydrogens is 260 g/mol. The van der Waals surface area contributed by atoms with E-state index in [9.17, 15) is 0 Å². The van der Waals surface area contributed by atoms with E-state index in [1.807, 2.05) is 0 Å². The van der Waals surface area contributed by atoms with Crippen molar-refractivity contribution in [3.05, 3.63) is 24.3 Å². The summed E-state index contributed by atoms with van der Waals surface area (Å²) in [5, 5.41) is 3.51. The molecule has 3 heteroatoms. The number of nitrogens with zero attached hydrogens (tertiary/aromatic N) is 1. The smallest absolute Gasteiger partial charge is 0.0755 e. The predicted octanol–water partition coefficient (Wildman–Crippen LogP) is 4.05. The topological polar surface area (TPSA) is 24.5 Å². The zero-order valence-electron chi connectivity index (χ0n) is 13.4. The summed E-state index contributed by atoms with van der Waals surface area (Å²) in [6.07, 6.45) is 6.71. The van der Waals surface area contributed by atoms with Gasteiger partial charge in [0.2, 0.25) is 0 Å². The van der Waals surface area contributed by atoms with Crippen molar-refractivity contribution in [3.8, 4) is 0 Å². The summed E-state index contributed by atoms with van der Waals surface area (Å²) in [6, 6.07) is 8.88. The van der Waals surface area contributed by atoms with Crippen molar-refractivity contribution in [1.29, 1.82) is 0 Å². The molecular formula is C18H28N2O. The van der Waals surface area contributed by atoms with Gasteiger partial charge in [0.25, 0.3) is 0 Å². The van der Waals surface area contributed by atoms with Crippen LogP contribution in [0.4, 0.5) is 11.4 Å². The molecule has 2 heterocycles. The summed E-state index contributed by atoms with van der Waals surface area (Å²) in [5.74, 6) is 0. The normalized spacial score (nSPS) is 25.0. The first-order chi connectivity index (χ1) is 10.1. The Morgan fingerprint density at radius 2 is 1.86 bits per heavy atom. The molecule has 1 aromatic rings. The first-order valence-corrected chi connectivity index (χ1v) is 8.39. The van der Waals surface area contributed by atoms with E-state index in [0.717, 1.165) is 19.4 Å². The highest BCUT2D eigenvalue weighted by Crippen LogP contribution is 2.29. The van der Waals surface area contributed by atoms with Crippen LogP contribution in [0.5, 0.6) is 0 Å². The first-order valence-electron chi connectivity index (χ1n) is 8.39. The van der Waals surface area contributed by atoms with E-state index in [-0.39, 0.29) is 5.60 Å². The molecule has 0 spiro atoms. The molecule has 21 heavy (non-hydrogen) atoms. The minimum atomic E-state index is 0.0600. The van der Waals surface area contributed by atoms with Crippen LogP contribution >= 0.6 is 0 Å². The van der Waals surface area contributed by atoms with Crippen LogP contribution in [0.1, 0.15) is 46.0 Å². The Labute approximate surface area is 128 Å². The summed E-state index contributed by atoms with van der Waals surface area (Å²) in [4.78, 5) is 2.50. The molecule has 0 bridgehead atoms. The fraction of sp³-hybridized carbons (Fsp3) is 0.667. The molecule has 0 aliphatic carbocycles. The third kappa shape index (κ3) is 3.91. The number of hydrogen-bond acceptors (Lipinski definition) is 3. The number of nitrogens with one attached hydrogen (secondary N) is 1. The SMILES string of the molecule is CC1(C)CCC(CNc2ccc(N3CCCCC3)cc2)O1. The highest BCUT2D eigenvalue weighted by molar-refractivity contribution is 5.55. The van der Waals surface area contributed by atoms with E-state index in [2.05, 4.69) is 48.3 Å². The lowest BCUT2D eigenvalue weighted by Crippen LogP contribution is -2.29. The van der Waals surface area contributed by atoms with E-state index in [0.29, 0.717) is 6.10 Å². The lowest BCUT2D eigenvalue weighted by molar-refractivity contribution is -0.00910. The number of rotatable bonds is 4. The van der Waals surface area contributed by atoms with E-state index >= 15 is 0 Å². The fourth-order valence-corrected chi connectivity index (χ4v) is 3.40. The van der Waals surface area contributed by atoms with E-state index in [4.69, 9.17) is 4.74 Å². The fourth-order valence-electron chi connectivity index (χ4n) is 3.40. The van der Waals surface area contributed by atoms with Crippen molar-refractivity contribution >= 4 is 11.4 Å². The second kappa shape index (κ2) is 6.27. The maximum Gasteiger partial charge on any atom is 0.0755 e. The third-order valence-corrected chi connectivity index (χ3v) is 4.68. The second-order valence-corrected chi connectivity index (χ2v) is 7.01. The molecule has 0 aromatic heterocycles. The molecule has 1 unspecified atom stereocenters. The van der Waals surface area contributed by atoms with Gasteiger partial charge in [0.05, 0.1) is 11.7 Å². The van der Waals surface area contributed by atoms with Gasteiger partial charge in [0.15, 0.2) is 0 Å². The standard InChI is InChI=1S/C18H28N2O/c1-18(2)11-10-17(21-18)14-19-15-6-8-16(9-7-15)20-12-4-3-5-13-20/h6-9,17,19H,3-5,10-14H2,1-2H3. The van der Waals surface area contributed by atoms with Crippen LogP contribution in [-0.2, 0) is 4.74 Å². The number of benzene rings is 1. The maximum atomic E-state index is 6.02. The molecule has 0 saturated carbocycles. The second-order valence-electron chi connectivity index (χ2n) is 7.01. The van der Waals surface area contributed by atoms with E-state index in [1.165, 1.54) is 43.7 Å². The van der Waals surface area contributed by atoms with Crippen molar-refractivity contribution in [1.82, 2.24) is 0 Å². The molecule has 2 aliphatic heterocycles. The van der Waals surface area contributed by atoms with Gasteiger partial charge in [-0.1, -0.05) is 0 Å². The van der Waals surface area contributed by atoms with Gasteiger partial charge in [-0.05, 0) is 70.2 Å². The van der Waals surface area contributed by atoms with Crippen LogP contribution in [0.15, 0.2) is 24.3 Å². The van der Waals surface area contributed by atoms with Gasteiger partial charge in [0, 0.05) is 31.0 Å². The van der Waals surface area contributed by atoms with E-state index < -0.39 is 0 Å². The largest absolute Gasteiger partial charge is 0.382 e. The number of anilines is 2. The van der Waals surface area contributed by atoms with Crippen LogP contribution in [0.3, 0.4) is 0 Å². The summed E-state index contributed by atoms with van der Waals surface area (Å²) >= 11 is 0. The zero-order chi connectivity index (χ0) is 14.7. The molecule has 116 valence electrons. The average molecular weight is 288 g/mol. The highest BCUT2D eigenvalue weighted by Gasteiger charge is 2.31. The molecule has 0 radical (unpaired) electrons. The molecule has 3 rings (SSSR count). The number of ether oxygens (including phenoxy) is 1. The quantitative estimate of drug-likeness (QED) is 0.904. The lowest BCUT2D eigenvalue weighted by Gasteiger charge is -2.29. The summed E-state index contributed by atoms with van der Waals surface area (Å²) in [7, 11) is 0. The summed E-state index contributed by atoms with van der Waals surface area (Å²) < 4.78 is 6.02.